The molecular weight excluding hydrogens is 178 g/mol. The summed E-state index contributed by atoms with van der Waals surface area (Å²) < 4.78 is 0. The Bertz CT molecular complexity index is 196. The molecule has 2 atom stereocenters. The van der Waals surface area contributed by atoms with Crippen LogP contribution in [0.1, 0.15) is 26.7 Å². The van der Waals surface area contributed by atoms with Gasteiger partial charge in [0.05, 0.1) is 0 Å². The topological polar surface area (TPSA) is 61.8 Å². The number of hydrogen-bond donors (Lipinski definition) is 2. The summed E-state index contributed by atoms with van der Waals surface area (Å²) in [5, 5.41) is 11.3. The first-order valence-corrected chi connectivity index (χ1v) is 5.32. The minimum Gasteiger partial charge on any atom is -0.409 e. The van der Waals surface area contributed by atoms with Crippen LogP contribution >= 0.6 is 0 Å². The molecular formula is C10H21N3O. The number of nitrogens with zero attached hydrogens (tertiary/aromatic N) is 2. The summed E-state index contributed by atoms with van der Waals surface area (Å²) in [6, 6.07) is 0. The lowest BCUT2D eigenvalue weighted by Crippen LogP contribution is -2.23. The number of likely N-dealkylation sites (tertiary alicyclic amines) is 1. The molecule has 0 aliphatic carbocycles. The maximum absolute atomic E-state index is 8.36. The number of nitrogens with two attached hydrogens (primary N) is 1. The third-order valence-corrected chi connectivity index (χ3v) is 3.10. The van der Waals surface area contributed by atoms with Crippen LogP contribution in [0, 0.1) is 11.8 Å². The van der Waals surface area contributed by atoms with Gasteiger partial charge in [-0.15, -0.1) is 0 Å². The molecule has 4 heteroatoms. The van der Waals surface area contributed by atoms with Gasteiger partial charge in [0.2, 0.25) is 0 Å². The third-order valence-electron chi connectivity index (χ3n) is 3.10. The van der Waals surface area contributed by atoms with Crippen molar-refractivity contribution in [1.29, 1.82) is 0 Å². The smallest absolute Gasteiger partial charge is 0.139 e. The average molecular weight is 199 g/mol. The molecule has 1 saturated heterocycles. The van der Waals surface area contributed by atoms with Crippen molar-refractivity contribution in [2.24, 2.45) is 22.7 Å². The van der Waals surface area contributed by atoms with Crippen LogP contribution in [0.2, 0.25) is 0 Å². The predicted molar refractivity (Wildman–Crippen MR) is 57.4 cm³/mol. The van der Waals surface area contributed by atoms with Crippen LogP contribution in [0.5, 0.6) is 0 Å². The summed E-state index contributed by atoms with van der Waals surface area (Å²) in [4.78, 5) is 2.46. The summed E-state index contributed by atoms with van der Waals surface area (Å²) in [7, 11) is 0. The Morgan fingerprint density at radius 2 is 2.00 bits per heavy atom. The summed E-state index contributed by atoms with van der Waals surface area (Å²) in [6.07, 6.45) is 1.67. The van der Waals surface area contributed by atoms with Crippen molar-refractivity contribution in [1.82, 2.24) is 4.90 Å². The summed E-state index contributed by atoms with van der Waals surface area (Å²) in [5.74, 6) is 1.95. The second-order valence-electron chi connectivity index (χ2n) is 4.41. The van der Waals surface area contributed by atoms with Crippen LogP contribution in [0.3, 0.4) is 0 Å². The van der Waals surface area contributed by atoms with Crippen molar-refractivity contribution in [2.45, 2.75) is 26.7 Å². The molecule has 4 nitrogen and oxygen atoms in total. The number of rotatable bonds is 4. The molecule has 0 aromatic rings. The zero-order valence-corrected chi connectivity index (χ0v) is 9.11. The van der Waals surface area contributed by atoms with Crippen LogP contribution in [0.25, 0.3) is 0 Å². The average Bonchev–Trinajstić information content (AvgIpc) is 2.46. The molecule has 0 amide bonds. The van der Waals surface area contributed by atoms with Crippen molar-refractivity contribution in [3.05, 3.63) is 0 Å². The van der Waals surface area contributed by atoms with E-state index in [4.69, 9.17) is 10.9 Å². The highest BCUT2D eigenvalue weighted by molar-refractivity contribution is 5.79. The Morgan fingerprint density at radius 1 is 1.43 bits per heavy atom. The molecule has 1 rings (SSSR count). The van der Waals surface area contributed by atoms with E-state index in [0.717, 1.165) is 24.8 Å². The molecule has 1 fully saturated rings. The molecule has 3 N–H and O–H groups in total. The molecule has 1 aliphatic heterocycles. The van der Waals surface area contributed by atoms with Gasteiger partial charge >= 0.3 is 0 Å². The van der Waals surface area contributed by atoms with E-state index in [9.17, 15) is 0 Å². The molecule has 1 heterocycles. The van der Waals surface area contributed by atoms with Crippen molar-refractivity contribution in [3.63, 3.8) is 0 Å². The van der Waals surface area contributed by atoms with Crippen LogP contribution in [-0.2, 0) is 0 Å². The molecule has 82 valence electrons. The van der Waals surface area contributed by atoms with Gasteiger partial charge < -0.3 is 15.8 Å². The van der Waals surface area contributed by atoms with Crippen LogP contribution in [0.4, 0.5) is 0 Å². The minimum absolute atomic E-state index is 0.338. The highest BCUT2D eigenvalue weighted by Crippen LogP contribution is 2.21. The second kappa shape index (κ2) is 5.20. The fraction of sp³-hybridized carbons (Fsp3) is 0.900. The van der Waals surface area contributed by atoms with Gasteiger partial charge in [0.1, 0.15) is 5.84 Å². The van der Waals surface area contributed by atoms with Gasteiger partial charge in [0.25, 0.3) is 0 Å². The number of hydrogen-bond acceptors (Lipinski definition) is 3. The van der Waals surface area contributed by atoms with E-state index in [1.54, 1.807) is 0 Å². The Balaban J connectivity index is 2.14. The Morgan fingerprint density at radius 3 is 2.50 bits per heavy atom. The van der Waals surface area contributed by atoms with Crippen molar-refractivity contribution < 1.29 is 5.21 Å². The first-order chi connectivity index (χ1) is 6.63. The Kier molecular flexibility index (Phi) is 4.20. The summed E-state index contributed by atoms with van der Waals surface area (Å²) in [5.41, 5.74) is 5.39. The van der Waals surface area contributed by atoms with Crippen molar-refractivity contribution >= 4 is 5.84 Å². The van der Waals surface area contributed by atoms with E-state index >= 15 is 0 Å². The molecule has 14 heavy (non-hydrogen) atoms. The lowest BCUT2D eigenvalue weighted by Gasteiger charge is -2.14. The quantitative estimate of drug-likeness (QED) is 0.308. The van der Waals surface area contributed by atoms with Gasteiger partial charge in [-0.25, -0.2) is 0 Å². The molecule has 0 bridgehead atoms. The Hall–Kier alpha value is -0.770. The molecule has 2 unspecified atom stereocenters. The highest BCUT2D eigenvalue weighted by Gasteiger charge is 2.25. The lowest BCUT2D eigenvalue weighted by molar-refractivity contribution is 0.310. The monoisotopic (exact) mass is 199 g/mol. The molecule has 0 spiro atoms. The molecule has 0 radical (unpaired) electrons. The van der Waals surface area contributed by atoms with E-state index in [-0.39, 0.29) is 0 Å². The van der Waals surface area contributed by atoms with E-state index < -0.39 is 0 Å². The van der Waals surface area contributed by atoms with Gasteiger partial charge in [-0.3, -0.25) is 0 Å². The molecule has 1 aliphatic rings. The zero-order valence-electron chi connectivity index (χ0n) is 9.11. The van der Waals surface area contributed by atoms with Crippen LogP contribution < -0.4 is 5.73 Å². The van der Waals surface area contributed by atoms with Crippen LogP contribution in [-0.4, -0.2) is 35.6 Å². The highest BCUT2D eigenvalue weighted by atomic mass is 16.4. The maximum Gasteiger partial charge on any atom is 0.139 e. The largest absolute Gasteiger partial charge is 0.409 e. The molecule has 0 saturated carbocycles. The summed E-state index contributed by atoms with van der Waals surface area (Å²) >= 11 is 0. The van der Waals surface area contributed by atoms with Gasteiger partial charge in [-0.2, -0.15) is 0 Å². The van der Waals surface area contributed by atoms with E-state index in [1.807, 2.05) is 0 Å². The van der Waals surface area contributed by atoms with Crippen molar-refractivity contribution in [3.8, 4) is 0 Å². The van der Waals surface area contributed by atoms with E-state index in [0.29, 0.717) is 12.3 Å². The van der Waals surface area contributed by atoms with E-state index in [2.05, 4.69) is 23.9 Å². The fourth-order valence-corrected chi connectivity index (χ4v) is 1.97. The lowest BCUT2D eigenvalue weighted by atomic mass is 10.0. The maximum atomic E-state index is 8.36. The first kappa shape index (κ1) is 11.3. The number of oxime groups is 1. The normalized spacial score (nSPS) is 29.7. The van der Waals surface area contributed by atoms with Gasteiger partial charge in [-0.1, -0.05) is 19.0 Å². The minimum atomic E-state index is 0.338. The molecule has 0 aromatic carbocycles. The first-order valence-electron chi connectivity index (χ1n) is 5.32. The fourth-order valence-electron chi connectivity index (χ4n) is 1.97. The zero-order chi connectivity index (χ0) is 10.6. The Labute approximate surface area is 85.8 Å². The summed E-state index contributed by atoms with van der Waals surface area (Å²) in [6.45, 7) is 8.04. The van der Waals surface area contributed by atoms with Gasteiger partial charge in [0, 0.05) is 19.5 Å². The SMILES string of the molecule is CC1CN(CCCC(N)=NO)CC1C. The number of amidine groups is 1. The van der Waals surface area contributed by atoms with Gasteiger partial charge in [0.15, 0.2) is 0 Å². The van der Waals surface area contributed by atoms with Gasteiger partial charge in [-0.05, 0) is 24.8 Å². The second-order valence-corrected chi connectivity index (χ2v) is 4.41. The van der Waals surface area contributed by atoms with Crippen molar-refractivity contribution in [2.75, 3.05) is 19.6 Å². The van der Waals surface area contributed by atoms with Crippen LogP contribution in [0.15, 0.2) is 5.16 Å². The van der Waals surface area contributed by atoms with E-state index in [1.165, 1.54) is 13.1 Å². The molecule has 0 aromatic heterocycles. The third kappa shape index (κ3) is 3.18. The standard InChI is InChI=1S/C10H21N3O/c1-8-6-13(7-9(8)2)5-3-4-10(11)12-14/h8-9,14H,3-7H2,1-2H3,(H2,11,12). The predicted octanol–water partition coefficient (Wildman–Crippen LogP) is 1.10.